The molecule has 1 aliphatic rings. The molecule has 150 valence electrons. The summed E-state index contributed by atoms with van der Waals surface area (Å²) in [7, 11) is 0. The standard InChI is InChI=1S/C21H24N6O2/c1-2-16-5-3-4-6-19(16)22-20(28)15-27-24-21(23-25-27)17-7-9-18(10-8-17)26-11-13-29-14-12-26/h3-10H,2,11-15H2,1H3,(H,22,28). The normalized spacial score (nSPS) is 14.0. The number of anilines is 2. The average Bonchev–Trinajstić information content (AvgIpc) is 3.23. The molecular formula is C21H24N6O2. The molecule has 0 saturated carbocycles. The van der Waals surface area contributed by atoms with Crippen LogP contribution in [0, 0.1) is 0 Å². The minimum atomic E-state index is -0.183. The van der Waals surface area contributed by atoms with Crippen molar-refractivity contribution in [3.05, 3.63) is 54.1 Å². The molecule has 29 heavy (non-hydrogen) atoms. The number of tetrazole rings is 1. The van der Waals surface area contributed by atoms with Crippen molar-refractivity contribution in [2.75, 3.05) is 36.5 Å². The maximum absolute atomic E-state index is 12.4. The number of rotatable bonds is 6. The molecule has 1 amide bonds. The van der Waals surface area contributed by atoms with Crippen LogP contribution in [0.3, 0.4) is 0 Å². The lowest BCUT2D eigenvalue weighted by molar-refractivity contribution is -0.117. The van der Waals surface area contributed by atoms with Gasteiger partial charge in [0.1, 0.15) is 6.54 Å². The van der Waals surface area contributed by atoms with E-state index in [4.69, 9.17) is 4.74 Å². The number of carbonyl (C=O) groups is 1. The van der Waals surface area contributed by atoms with Crippen molar-refractivity contribution in [2.45, 2.75) is 19.9 Å². The van der Waals surface area contributed by atoms with E-state index < -0.39 is 0 Å². The molecule has 0 radical (unpaired) electrons. The van der Waals surface area contributed by atoms with Crippen molar-refractivity contribution in [1.82, 2.24) is 20.2 Å². The Kier molecular flexibility index (Phi) is 5.81. The summed E-state index contributed by atoms with van der Waals surface area (Å²) in [5, 5.41) is 15.4. The monoisotopic (exact) mass is 392 g/mol. The Morgan fingerprint density at radius 3 is 2.62 bits per heavy atom. The summed E-state index contributed by atoms with van der Waals surface area (Å²) in [5.74, 6) is 0.317. The van der Waals surface area contributed by atoms with Gasteiger partial charge in [0, 0.05) is 30.0 Å². The fourth-order valence-electron chi connectivity index (χ4n) is 3.34. The maximum Gasteiger partial charge on any atom is 0.248 e. The molecule has 0 aliphatic carbocycles. The molecule has 0 atom stereocenters. The topological polar surface area (TPSA) is 85.2 Å². The molecule has 1 saturated heterocycles. The van der Waals surface area contributed by atoms with Crippen LogP contribution in [0.5, 0.6) is 0 Å². The molecule has 0 spiro atoms. The summed E-state index contributed by atoms with van der Waals surface area (Å²) in [6.45, 7) is 5.36. The van der Waals surface area contributed by atoms with Gasteiger partial charge in [-0.05, 0) is 47.5 Å². The molecule has 8 nitrogen and oxygen atoms in total. The van der Waals surface area contributed by atoms with Gasteiger partial charge in [0.05, 0.1) is 13.2 Å². The molecule has 0 bridgehead atoms. The Hall–Kier alpha value is -3.26. The average molecular weight is 392 g/mol. The summed E-state index contributed by atoms with van der Waals surface area (Å²) in [6.07, 6.45) is 0.850. The zero-order valence-electron chi connectivity index (χ0n) is 16.4. The van der Waals surface area contributed by atoms with Crippen LogP contribution in [0.1, 0.15) is 12.5 Å². The van der Waals surface area contributed by atoms with Crippen LogP contribution in [-0.2, 0) is 22.5 Å². The number of hydrogen-bond donors (Lipinski definition) is 1. The van der Waals surface area contributed by atoms with Gasteiger partial charge in [0.25, 0.3) is 0 Å². The van der Waals surface area contributed by atoms with Crippen molar-refractivity contribution in [3.8, 4) is 11.4 Å². The fourth-order valence-corrected chi connectivity index (χ4v) is 3.34. The number of carbonyl (C=O) groups excluding carboxylic acids is 1. The van der Waals surface area contributed by atoms with Crippen LogP contribution < -0.4 is 10.2 Å². The highest BCUT2D eigenvalue weighted by molar-refractivity contribution is 5.91. The van der Waals surface area contributed by atoms with E-state index in [1.165, 1.54) is 4.80 Å². The van der Waals surface area contributed by atoms with Gasteiger partial charge < -0.3 is 15.0 Å². The van der Waals surface area contributed by atoms with Gasteiger partial charge in [0.2, 0.25) is 11.7 Å². The number of hydrogen-bond acceptors (Lipinski definition) is 6. The number of para-hydroxylation sites is 1. The second kappa shape index (κ2) is 8.83. The lowest BCUT2D eigenvalue weighted by Crippen LogP contribution is -2.36. The van der Waals surface area contributed by atoms with Gasteiger partial charge in [-0.15, -0.1) is 10.2 Å². The third-order valence-corrected chi connectivity index (χ3v) is 4.91. The van der Waals surface area contributed by atoms with Gasteiger partial charge >= 0.3 is 0 Å². The molecule has 2 aromatic carbocycles. The molecule has 3 aromatic rings. The minimum absolute atomic E-state index is 0.0108. The first-order chi connectivity index (χ1) is 14.2. The zero-order chi connectivity index (χ0) is 20.1. The van der Waals surface area contributed by atoms with E-state index in [0.29, 0.717) is 5.82 Å². The Labute approximate surface area is 169 Å². The summed E-state index contributed by atoms with van der Waals surface area (Å²) in [5.41, 5.74) is 3.93. The Bertz CT molecular complexity index is 963. The summed E-state index contributed by atoms with van der Waals surface area (Å²) < 4.78 is 5.39. The van der Waals surface area contributed by atoms with Gasteiger partial charge in [-0.2, -0.15) is 4.80 Å². The second-order valence-electron chi connectivity index (χ2n) is 6.85. The van der Waals surface area contributed by atoms with Gasteiger partial charge in [0.15, 0.2) is 0 Å². The van der Waals surface area contributed by atoms with Crippen LogP contribution in [0.25, 0.3) is 11.4 Å². The van der Waals surface area contributed by atoms with E-state index in [1.54, 1.807) is 0 Å². The van der Waals surface area contributed by atoms with E-state index in [0.717, 1.165) is 55.2 Å². The molecule has 4 rings (SSSR count). The second-order valence-corrected chi connectivity index (χ2v) is 6.85. The third-order valence-electron chi connectivity index (χ3n) is 4.91. The lowest BCUT2D eigenvalue weighted by atomic mass is 10.1. The largest absolute Gasteiger partial charge is 0.378 e. The fraction of sp³-hybridized carbons (Fsp3) is 0.333. The number of morpholine rings is 1. The predicted octanol–water partition coefficient (Wildman–Crippen LogP) is 2.38. The number of nitrogens with one attached hydrogen (secondary N) is 1. The molecule has 2 heterocycles. The molecule has 0 unspecified atom stereocenters. The van der Waals surface area contributed by atoms with Crippen LogP contribution in [-0.4, -0.2) is 52.4 Å². The number of amides is 1. The SMILES string of the molecule is CCc1ccccc1NC(=O)Cn1nnc(-c2ccc(N3CCOCC3)cc2)n1. The van der Waals surface area contributed by atoms with Crippen molar-refractivity contribution in [2.24, 2.45) is 0 Å². The van der Waals surface area contributed by atoms with Gasteiger partial charge in [-0.3, -0.25) is 4.79 Å². The molecule has 8 heteroatoms. The Morgan fingerprint density at radius 1 is 1.10 bits per heavy atom. The van der Waals surface area contributed by atoms with Crippen molar-refractivity contribution in [1.29, 1.82) is 0 Å². The predicted molar refractivity (Wildman–Crippen MR) is 111 cm³/mol. The summed E-state index contributed by atoms with van der Waals surface area (Å²) in [4.78, 5) is 16.0. The molecule has 1 fully saturated rings. The van der Waals surface area contributed by atoms with E-state index >= 15 is 0 Å². The number of nitrogens with zero attached hydrogens (tertiary/aromatic N) is 5. The smallest absolute Gasteiger partial charge is 0.248 e. The van der Waals surface area contributed by atoms with Crippen LogP contribution in [0.2, 0.25) is 0 Å². The Morgan fingerprint density at radius 2 is 1.86 bits per heavy atom. The molecular weight excluding hydrogens is 368 g/mol. The van der Waals surface area contributed by atoms with E-state index in [1.807, 2.05) is 36.4 Å². The first-order valence-corrected chi connectivity index (χ1v) is 9.81. The molecule has 1 aliphatic heterocycles. The number of aromatic nitrogens is 4. The first-order valence-electron chi connectivity index (χ1n) is 9.81. The number of benzene rings is 2. The highest BCUT2D eigenvalue weighted by atomic mass is 16.5. The number of aryl methyl sites for hydroxylation is 1. The van der Waals surface area contributed by atoms with E-state index in [2.05, 4.69) is 44.7 Å². The van der Waals surface area contributed by atoms with Crippen molar-refractivity contribution < 1.29 is 9.53 Å². The molecule has 1 N–H and O–H groups in total. The van der Waals surface area contributed by atoms with Gasteiger partial charge in [-0.25, -0.2) is 0 Å². The van der Waals surface area contributed by atoms with Crippen molar-refractivity contribution in [3.63, 3.8) is 0 Å². The van der Waals surface area contributed by atoms with Crippen LogP contribution >= 0.6 is 0 Å². The third kappa shape index (κ3) is 4.60. The maximum atomic E-state index is 12.4. The van der Waals surface area contributed by atoms with Crippen LogP contribution in [0.15, 0.2) is 48.5 Å². The Balaban J connectivity index is 1.39. The summed E-state index contributed by atoms with van der Waals surface area (Å²) >= 11 is 0. The van der Waals surface area contributed by atoms with Crippen molar-refractivity contribution >= 4 is 17.3 Å². The van der Waals surface area contributed by atoms with E-state index in [-0.39, 0.29) is 12.5 Å². The number of ether oxygens (including phenoxy) is 1. The van der Waals surface area contributed by atoms with Crippen LogP contribution in [0.4, 0.5) is 11.4 Å². The minimum Gasteiger partial charge on any atom is -0.378 e. The van der Waals surface area contributed by atoms with E-state index in [9.17, 15) is 4.79 Å². The highest BCUT2D eigenvalue weighted by Gasteiger charge is 2.13. The summed E-state index contributed by atoms with van der Waals surface area (Å²) in [6, 6.07) is 15.8. The quantitative estimate of drug-likeness (QED) is 0.693. The zero-order valence-corrected chi connectivity index (χ0v) is 16.4. The van der Waals surface area contributed by atoms with Gasteiger partial charge in [-0.1, -0.05) is 25.1 Å². The first kappa shape index (κ1) is 19.1. The highest BCUT2D eigenvalue weighted by Crippen LogP contribution is 2.21. The molecule has 1 aromatic heterocycles. The lowest BCUT2D eigenvalue weighted by Gasteiger charge is -2.28.